The predicted molar refractivity (Wildman–Crippen MR) is 75.4 cm³/mol. The summed E-state index contributed by atoms with van der Waals surface area (Å²) in [4.78, 5) is 10.4. The van der Waals surface area contributed by atoms with Crippen molar-refractivity contribution in [3.05, 3.63) is 63.2 Å². The number of non-ortho nitro benzene ring substituents is 1. The Kier molecular flexibility index (Phi) is 4.42. The molecule has 104 valence electrons. The number of rotatable bonds is 5. The Morgan fingerprint density at radius 3 is 2.65 bits per heavy atom. The first-order chi connectivity index (χ1) is 9.60. The van der Waals surface area contributed by atoms with Gasteiger partial charge in [0.25, 0.3) is 5.69 Å². The van der Waals surface area contributed by atoms with Gasteiger partial charge in [-0.2, -0.15) is 0 Å². The van der Waals surface area contributed by atoms with Crippen molar-refractivity contribution in [3.8, 4) is 11.5 Å². The zero-order valence-corrected chi connectivity index (χ0v) is 11.5. The monoisotopic (exact) mass is 293 g/mol. The Morgan fingerprint density at radius 1 is 1.25 bits per heavy atom. The van der Waals surface area contributed by atoms with Gasteiger partial charge in [0.2, 0.25) is 0 Å². The van der Waals surface area contributed by atoms with Crippen molar-refractivity contribution in [1.29, 1.82) is 0 Å². The second kappa shape index (κ2) is 6.25. The van der Waals surface area contributed by atoms with Gasteiger partial charge in [0, 0.05) is 6.07 Å². The van der Waals surface area contributed by atoms with Crippen LogP contribution in [0.4, 0.5) is 5.69 Å². The molecule has 0 N–H and O–H groups in total. The quantitative estimate of drug-likeness (QED) is 0.621. The van der Waals surface area contributed by atoms with Crippen LogP contribution in [0, 0.1) is 10.1 Å². The molecule has 2 aromatic carbocycles. The Hall–Kier alpha value is -2.27. The maximum atomic E-state index is 10.8. The van der Waals surface area contributed by atoms with Crippen LogP contribution in [0.3, 0.4) is 0 Å². The molecule has 5 nitrogen and oxygen atoms in total. The van der Waals surface area contributed by atoms with Crippen LogP contribution in [0.5, 0.6) is 11.5 Å². The summed E-state index contributed by atoms with van der Waals surface area (Å²) in [5.41, 5.74) is 0.595. The van der Waals surface area contributed by atoms with Crippen LogP contribution < -0.4 is 9.47 Å². The van der Waals surface area contributed by atoms with Crippen molar-refractivity contribution < 1.29 is 14.4 Å². The number of nitro groups is 1. The van der Waals surface area contributed by atoms with Crippen molar-refractivity contribution in [2.75, 3.05) is 7.11 Å². The largest absolute Gasteiger partial charge is 0.496 e. The SMILES string of the molecule is COc1cc(COc2ccccc2Cl)cc([N+](=O)[O-])c1. The Balaban J connectivity index is 2.19. The molecule has 0 fully saturated rings. The highest BCUT2D eigenvalue weighted by molar-refractivity contribution is 6.32. The maximum Gasteiger partial charge on any atom is 0.273 e. The van der Waals surface area contributed by atoms with E-state index < -0.39 is 4.92 Å². The Bertz CT molecular complexity index is 630. The number of benzene rings is 2. The molecular weight excluding hydrogens is 282 g/mol. The molecule has 0 saturated carbocycles. The number of hydrogen-bond acceptors (Lipinski definition) is 4. The van der Waals surface area contributed by atoms with Crippen LogP contribution >= 0.6 is 11.6 Å². The summed E-state index contributed by atoms with van der Waals surface area (Å²) in [5, 5.41) is 11.3. The number of nitrogens with zero attached hydrogens (tertiary/aromatic N) is 1. The third kappa shape index (κ3) is 3.39. The van der Waals surface area contributed by atoms with Gasteiger partial charge in [-0.1, -0.05) is 23.7 Å². The standard InChI is InChI=1S/C14H12ClNO4/c1-19-12-7-10(6-11(8-12)16(17)18)9-20-14-5-3-2-4-13(14)15/h2-8H,9H2,1H3. The number of ether oxygens (including phenoxy) is 2. The first kappa shape index (κ1) is 14.1. The van der Waals surface area contributed by atoms with Gasteiger partial charge in [0.05, 0.1) is 23.1 Å². The number of nitro benzene ring substituents is 1. The van der Waals surface area contributed by atoms with Crippen LogP contribution in [0.15, 0.2) is 42.5 Å². The van der Waals surface area contributed by atoms with Gasteiger partial charge >= 0.3 is 0 Å². The van der Waals surface area contributed by atoms with Gasteiger partial charge in [0.15, 0.2) is 0 Å². The second-order valence-corrected chi connectivity index (χ2v) is 4.42. The van der Waals surface area contributed by atoms with E-state index >= 15 is 0 Å². The minimum Gasteiger partial charge on any atom is -0.496 e. The smallest absolute Gasteiger partial charge is 0.273 e. The molecule has 0 spiro atoms. The zero-order valence-electron chi connectivity index (χ0n) is 10.7. The van der Waals surface area contributed by atoms with Crippen molar-refractivity contribution in [2.45, 2.75) is 6.61 Å². The molecule has 0 atom stereocenters. The molecule has 0 aromatic heterocycles. The summed E-state index contributed by atoms with van der Waals surface area (Å²) < 4.78 is 10.6. The summed E-state index contributed by atoms with van der Waals surface area (Å²) in [5.74, 6) is 0.941. The second-order valence-electron chi connectivity index (χ2n) is 4.02. The average Bonchev–Trinajstić information content (AvgIpc) is 2.46. The fourth-order valence-corrected chi connectivity index (χ4v) is 1.86. The van der Waals surface area contributed by atoms with E-state index in [4.69, 9.17) is 21.1 Å². The van der Waals surface area contributed by atoms with Crippen molar-refractivity contribution in [2.24, 2.45) is 0 Å². The topological polar surface area (TPSA) is 61.6 Å². The van der Waals surface area contributed by atoms with Gasteiger partial charge in [-0.05, 0) is 23.8 Å². The molecule has 0 radical (unpaired) electrons. The lowest BCUT2D eigenvalue weighted by Crippen LogP contribution is -1.98. The molecule has 20 heavy (non-hydrogen) atoms. The highest BCUT2D eigenvalue weighted by atomic mass is 35.5. The van der Waals surface area contributed by atoms with Crippen molar-refractivity contribution in [1.82, 2.24) is 0 Å². The molecular formula is C14H12ClNO4. The minimum absolute atomic E-state index is 0.0397. The Labute approximate surface area is 120 Å². The van der Waals surface area contributed by atoms with Crippen LogP contribution in [0.2, 0.25) is 5.02 Å². The zero-order chi connectivity index (χ0) is 14.5. The highest BCUT2D eigenvalue weighted by Gasteiger charge is 2.11. The van der Waals surface area contributed by atoms with E-state index in [1.54, 1.807) is 30.3 Å². The van der Waals surface area contributed by atoms with E-state index in [1.165, 1.54) is 19.2 Å². The van der Waals surface area contributed by atoms with Gasteiger partial charge in [0.1, 0.15) is 18.1 Å². The molecule has 0 bridgehead atoms. The fraction of sp³-hybridized carbons (Fsp3) is 0.143. The number of methoxy groups -OCH3 is 1. The molecule has 0 unspecified atom stereocenters. The molecule has 0 saturated heterocycles. The fourth-order valence-electron chi connectivity index (χ4n) is 1.67. The maximum absolute atomic E-state index is 10.8. The lowest BCUT2D eigenvalue weighted by atomic mass is 10.2. The number of para-hydroxylation sites is 1. The summed E-state index contributed by atoms with van der Waals surface area (Å²) in [7, 11) is 1.46. The third-order valence-electron chi connectivity index (χ3n) is 2.63. The summed E-state index contributed by atoms with van der Waals surface area (Å²) >= 11 is 5.97. The molecule has 0 aliphatic heterocycles. The highest BCUT2D eigenvalue weighted by Crippen LogP contribution is 2.26. The molecule has 0 amide bonds. The molecule has 2 aromatic rings. The van der Waals surface area contributed by atoms with E-state index in [2.05, 4.69) is 0 Å². The first-order valence-electron chi connectivity index (χ1n) is 5.80. The van der Waals surface area contributed by atoms with E-state index in [1.807, 2.05) is 0 Å². The minimum atomic E-state index is -0.471. The molecule has 0 heterocycles. The summed E-state index contributed by atoms with van der Waals surface area (Å²) in [6, 6.07) is 11.5. The molecule has 2 rings (SSSR count). The van der Waals surface area contributed by atoms with Crippen LogP contribution in [-0.2, 0) is 6.61 Å². The van der Waals surface area contributed by atoms with Gasteiger partial charge in [-0.15, -0.1) is 0 Å². The third-order valence-corrected chi connectivity index (χ3v) is 2.94. The molecule has 0 aliphatic rings. The average molecular weight is 294 g/mol. The number of halogens is 1. The van der Waals surface area contributed by atoms with E-state index in [9.17, 15) is 10.1 Å². The van der Waals surface area contributed by atoms with Crippen LogP contribution in [0.25, 0.3) is 0 Å². The van der Waals surface area contributed by atoms with E-state index in [0.717, 1.165) is 0 Å². The van der Waals surface area contributed by atoms with Crippen molar-refractivity contribution >= 4 is 17.3 Å². The Morgan fingerprint density at radius 2 is 2.00 bits per heavy atom. The van der Waals surface area contributed by atoms with Gasteiger partial charge in [-0.25, -0.2) is 0 Å². The van der Waals surface area contributed by atoms with Crippen molar-refractivity contribution in [3.63, 3.8) is 0 Å². The van der Waals surface area contributed by atoms with Crippen LogP contribution in [-0.4, -0.2) is 12.0 Å². The lowest BCUT2D eigenvalue weighted by molar-refractivity contribution is -0.385. The van der Waals surface area contributed by atoms with E-state index in [0.29, 0.717) is 22.1 Å². The predicted octanol–water partition coefficient (Wildman–Crippen LogP) is 3.84. The van der Waals surface area contributed by atoms with Gasteiger partial charge in [-0.3, -0.25) is 10.1 Å². The lowest BCUT2D eigenvalue weighted by Gasteiger charge is -2.09. The number of hydrogen-bond donors (Lipinski definition) is 0. The van der Waals surface area contributed by atoms with Gasteiger partial charge < -0.3 is 9.47 Å². The normalized spacial score (nSPS) is 10.1. The molecule has 0 aliphatic carbocycles. The van der Waals surface area contributed by atoms with Crippen LogP contribution in [0.1, 0.15) is 5.56 Å². The molecule has 6 heteroatoms. The summed E-state index contributed by atoms with van der Waals surface area (Å²) in [6.45, 7) is 0.168. The first-order valence-corrected chi connectivity index (χ1v) is 6.17. The summed E-state index contributed by atoms with van der Waals surface area (Å²) in [6.07, 6.45) is 0. The van der Waals surface area contributed by atoms with E-state index in [-0.39, 0.29) is 12.3 Å².